The van der Waals surface area contributed by atoms with Crippen LogP contribution in [0.2, 0.25) is 5.02 Å². The Hall–Kier alpha value is -0.680. The van der Waals surface area contributed by atoms with Gasteiger partial charge < -0.3 is 15.4 Å². The summed E-state index contributed by atoms with van der Waals surface area (Å²) in [7, 11) is 2.05. The van der Waals surface area contributed by atoms with Gasteiger partial charge in [-0.3, -0.25) is 0 Å². The average molecular weight is 273 g/mol. The van der Waals surface area contributed by atoms with Crippen LogP contribution in [-0.4, -0.2) is 43.8 Å². The van der Waals surface area contributed by atoms with Gasteiger partial charge in [0.25, 0.3) is 0 Å². The molecular weight excluding hydrogens is 255 g/mol. The summed E-state index contributed by atoms with van der Waals surface area (Å²) in [5.41, 5.74) is 7.01. The van der Waals surface area contributed by atoms with Gasteiger partial charge in [0.2, 0.25) is 0 Å². The highest BCUT2D eigenvalue weighted by Gasteiger charge is 2.24. The lowest BCUT2D eigenvalue weighted by molar-refractivity contribution is -0.0319. The Morgan fingerprint density at radius 1 is 1.61 bits per heavy atom. The van der Waals surface area contributed by atoms with Gasteiger partial charge in [0.15, 0.2) is 0 Å². The summed E-state index contributed by atoms with van der Waals surface area (Å²) < 4.78 is 18.6. The van der Waals surface area contributed by atoms with Crippen LogP contribution < -0.4 is 5.73 Å². The van der Waals surface area contributed by atoms with Gasteiger partial charge in [-0.15, -0.1) is 0 Å². The zero-order valence-corrected chi connectivity index (χ0v) is 11.2. The predicted molar refractivity (Wildman–Crippen MR) is 70.3 cm³/mol. The minimum absolute atomic E-state index is 0.00451. The first-order valence-electron chi connectivity index (χ1n) is 6.06. The Morgan fingerprint density at radius 3 is 3.06 bits per heavy atom. The van der Waals surface area contributed by atoms with Crippen LogP contribution in [0.1, 0.15) is 5.56 Å². The van der Waals surface area contributed by atoms with Crippen molar-refractivity contribution in [3.8, 4) is 0 Å². The number of hydrogen-bond donors (Lipinski definition) is 1. The van der Waals surface area contributed by atoms with Crippen molar-refractivity contribution < 1.29 is 9.13 Å². The highest BCUT2D eigenvalue weighted by atomic mass is 35.5. The molecule has 2 rings (SSSR count). The first kappa shape index (κ1) is 13.7. The van der Waals surface area contributed by atoms with Crippen molar-refractivity contribution >= 4 is 11.6 Å². The van der Waals surface area contributed by atoms with Crippen molar-refractivity contribution in [1.29, 1.82) is 0 Å². The van der Waals surface area contributed by atoms with Crippen LogP contribution in [0.15, 0.2) is 18.2 Å². The number of nitrogens with two attached hydrogens (primary N) is 1. The molecule has 2 atom stereocenters. The van der Waals surface area contributed by atoms with E-state index in [1.807, 2.05) is 7.05 Å². The molecule has 1 saturated heterocycles. The zero-order valence-electron chi connectivity index (χ0n) is 10.4. The third-order valence-corrected chi connectivity index (χ3v) is 3.60. The fourth-order valence-electron chi connectivity index (χ4n) is 2.14. The second-order valence-corrected chi connectivity index (χ2v) is 5.18. The summed E-state index contributed by atoms with van der Waals surface area (Å²) in [4.78, 5) is 2.19. The lowest BCUT2D eigenvalue weighted by atomic mass is 10.0. The van der Waals surface area contributed by atoms with Gasteiger partial charge in [0, 0.05) is 24.2 Å². The predicted octanol–water partition coefficient (Wildman–Crippen LogP) is 1.68. The lowest BCUT2D eigenvalue weighted by Crippen LogP contribution is -2.50. The summed E-state index contributed by atoms with van der Waals surface area (Å²) in [6.07, 6.45) is 0.599. The quantitative estimate of drug-likeness (QED) is 0.910. The van der Waals surface area contributed by atoms with E-state index in [0.29, 0.717) is 18.1 Å². The highest BCUT2D eigenvalue weighted by Crippen LogP contribution is 2.20. The summed E-state index contributed by atoms with van der Waals surface area (Å²) in [6.45, 7) is 2.45. The minimum Gasteiger partial charge on any atom is -0.374 e. The Bertz CT molecular complexity index is 416. The van der Waals surface area contributed by atoms with E-state index in [1.54, 1.807) is 6.07 Å². The molecular formula is C13H18ClFN2O. The van der Waals surface area contributed by atoms with Gasteiger partial charge in [-0.1, -0.05) is 17.7 Å². The molecule has 3 nitrogen and oxygen atoms in total. The van der Waals surface area contributed by atoms with Crippen LogP contribution >= 0.6 is 11.6 Å². The Kier molecular flexibility index (Phi) is 4.56. The van der Waals surface area contributed by atoms with Crippen molar-refractivity contribution in [2.45, 2.75) is 18.6 Å². The molecule has 2 unspecified atom stereocenters. The normalized spacial score (nSPS) is 23.0. The molecule has 0 bridgehead atoms. The molecule has 1 heterocycles. The van der Waals surface area contributed by atoms with Crippen LogP contribution in [0.4, 0.5) is 4.39 Å². The lowest BCUT2D eigenvalue weighted by Gasteiger charge is -2.33. The molecule has 0 aliphatic carbocycles. The third kappa shape index (κ3) is 3.42. The fraction of sp³-hybridized carbons (Fsp3) is 0.538. The standard InChI is InChI=1S/C13H18ClFN2O/c1-17-4-5-18-13(8-17)12(16)6-9-2-3-10(15)7-11(9)14/h2-3,7,12-13H,4-6,8,16H2,1H3. The average Bonchev–Trinajstić information content (AvgIpc) is 2.32. The summed E-state index contributed by atoms with van der Waals surface area (Å²) in [6, 6.07) is 4.28. The van der Waals surface area contributed by atoms with Crippen molar-refractivity contribution in [3.05, 3.63) is 34.6 Å². The number of halogens is 2. The van der Waals surface area contributed by atoms with Crippen molar-refractivity contribution in [2.24, 2.45) is 5.73 Å². The van der Waals surface area contributed by atoms with Crippen LogP contribution in [0.25, 0.3) is 0 Å². The van der Waals surface area contributed by atoms with E-state index in [9.17, 15) is 4.39 Å². The van der Waals surface area contributed by atoms with Crippen molar-refractivity contribution in [1.82, 2.24) is 4.90 Å². The van der Waals surface area contributed by atoms with Crippen molar-refractivity contribution in [2.75, 3.05) is 26.7 Å². The molecule has 0 spiro atoms. The molecule has 100 valence electrons. The number of benzene rings is 1. The molecule has 1 aliphatic rings. The number of rotatable bonds is 3. The van der Waals surface area contributed by atoms with E-state index in [1.165, 1.54) is 12.1 Å². The summed E-state index contributed by atoms with van der Waals surface area (Å²) in [5, 5.41) is 0.426. The largest absolute Gasteiger partial charge is 0.374 e. The zero-order chi connectivity index (χ0) is 13.1. The monoisotopic (exact) mass is 272 g/mol. The first-order chi connectivity index (χ1) is 8.56. The molecule has 0 aromatic heterocycles. The van der Waals surface area contributed by atoms with Gasteiger partial charge in [-0.25, -0.2) is 4.39 Å². The maximum absolute atomic E-state index is 12.9. The summed E-state index contributed by atoms with van der Waals surface area (Å²) >= 11 is 5.99. The van der Waals surface area contributed by atoms with Gasteiger partial charge in [0.05, 0.1) is 12.7 Å². The Morgan fingerprint density at radius 2 is 2.39 bits per heavy atom. The second-order valence-electron chi connectivity index (χ2n) is 4.78. The molecule has 5 heteroatoms. The van der Waals surface area contributed by atoms with E-state index in [-0.39, 0.29) is 18.0 Å². The van der Waals surface area contributed by atoms with Crippen molar-refractivity contribution in [3.63, 3.8) is 0 Å². The van der Waals surface area contributed by atoms with E-state index < -0.39 is 0 Å². The van der Waals surface area contributed by atoms with Crippen LogP contribution in [0, 0.1) is 5.82 Å². The van der Waals surface area contributed by atoms with Gasteiger partial charge in [0.1, 0.15) is 5.82 Å². The number of morpholine rings is 1. The number of ether oxygens (including phenoxy) is 1. The summed E-state index contributed by atoms with van der Waals surface area (Å²) in [5.74, 6) is -0.328. The molecule has 0 amide bonds. The van der Waals surface area contributed by atoms with Crippen LogP contribution in [0.5, 0.6) is 0 Å². The Balaban J connectivity index is 1.99. The molecule has 1 aromatic carbocycles. The van der Waals surface area contributed by atoms with Gasteiger partial charge in [-0.2, -0.15) is 0 Å². The smallest absolute Gasteiger partial charge is 0.124 e. The van der Waals surface area contributed by atoms with E-state index >= 15 is 0 Å². The SMILES string of the molecule is CN1CCOC(C(N)Cc2ccc(F)cc2Cl)C1. The van der Waals surface area contributed by atoms with Crippen LogP contribution in [-0.2, 0) is 11.2 Å². The first-order valence-corrected chi connectivity index (χ1v) is 6.43. The maximum Gasteiger partial charge on any atom is 0.124 e. The molecule has 2 N–H and O–H groups in total. The highest BCUT2D eigenvalue weighted by molar-refractivity contribution is 6.31. The van der Waals surface area contributed by atoms with Crippen LogP contribution in [0.3, 0.4) is 0 Å². The minimum atomic E-state index is -0.328. The van der Waals surface area contributed by atoms with E-state index in [0.717, 1.165) is 18.7 Å². The Labute approximate surface area is 112 Å². The van der Waals surface area contributed by atoms with Gasteiger partial charge >= 0.3 is 0 Å². The number of nitrogens with zero attached hydrogens (tertiary/aromatic N) is 1. The fourth-order valence-corrected chi connectivity index (χ4v) is 2.39. The molecule has 0 saturated carbocycles. The van der Waals surface area contributed by atoms with Gasteiger partial charge in [-0.05, 0) is 31.2 Å². The molecule has 1 aromatic rings. The molecule has 18 heavy (non-hydrogen) atoms. The third-order valence-electron chi connectivity index (χ3n) is 3.24. The second kappa shape index (κ2) is 5.97. The number of likely N-dealkylation sites (N-methyl/N-ethyl adjacent to an activating group) is 1. The molecule has 0 radical (unpaired) electrons. The topological polar surface area (TPSA) is 38.5 Å². The van der Waals surface area contributed by atoms with E-state index in [4.69, 9.17) is 22.1 Å². The molecule has 1 fully saturated rings. The molecule has 1 aliphatic heterocycles. The van der Waals surface area contributed by atoms with E-state index in [2.05, 4.69) is 4.90 Å². The number of hydrogen-bond acceptors (Lipinski definition) is 3. The maximum atomic E-state index is 12.9.